The molecule has 0 atom stereocenters. The van der Waals surface area contributed by atoms with E-state index in [0.29, 0.717) is 28.1 Å². The molecule has 0 saturated heterocycles. The maximum Gasteiger partial charge on any atom is 0.416 e. The third-order valence-electron chi connectivity index (χ3n) is 4.46. The van der Waals surface area contributed by atoms with Gasteiger partial charge in [-0.1, -0.05) is 30.3 Å². The standard InChI is InChI=1S/C23H16F3NO2/c1-28-18-9-11-19(12-10-18)29-22-20(14-16-5-2-3-8-21(16)27-22)15-6-4-7-17(13-15)23(24,25)26/h2-14H,1H3. The van der Waals surface area contributed by atoms with Gasteiger partial charge in [0.2, 0.25) is 5.88 Å². The summed E-state index contributed by atoms with van der Waals surface area (Å²) in [5, 5.41) is 0.807. The smallest absolute Gasteiger partial charge is 0.416 e. The lowest BCUT2D eigenvalue weighted by atomic mass is 10.0. The zero-order chi connectivity index (χ0) is 20.4. The highest BCUT2D eigenvalue weighted by atomic mass is 19.4. The van der Waals surface area contributed by atoms with Gasteiger partial charge in [-0.25, -0.2) is 4.98 Å². The van der Waals surface area contributed by atoms with E-state index in [-0.39, 0.29) is 5.88 Å². The molecule has 0 spiro atoms. The Morgan fingerprint density at radius 1 is 0.793 bits per heavy atom. The summed E-state index contributed by atoms with van der Waals surface area (Å²) in [7, 11) is 1.56. The molecular weight excluding hydrogens is 379 g/mol. The van der Waals surface area contributed by atoms with Crippen LogP contribution < -0.4 is 9.47 Å². The van der Waals surface area contributed by atoms with Gasteiger partial charge in [0.25, 0.3) is 0 Å². The van der Waals surface area contributed by atoms with Gasteiger partial charge in [-0.15, -0.1) is 0 Å². The first-order chi connectivity index (χ1) is 13.9. The van der Waals surface area contributed by atoms with Crippen LogP contribution in [0, 0.1) is 0 Å². The number of methoxy groups -OCH3 is 1. The van der Waals surface area contributed by atoms with Crippen molar-refractivity contribution in [3.63, 3.8) is 0 Å². The van der Waals surface area contributed by atoms with Gasteiger partial charge in [0.05, 0.1) is 18.2 Å². The molecule has 146 valence electrons. The van der Waals surface area contributed by atoms with E-state index in [1.807, 2.05) is 24.3 Å². The monoisotopic (exact) mass is 395 g/mol. The Labute approximate surface area is 165 Å². The largest absolute Gasteiger partial charge is 0.497 e. The number of ether oxygens (including phenoxy) is 2. The molecule has 0 aliphatic carbocycles. The van der Waals surface area contributed by atoms with Crippen LogP contribution in [-0.4, -0.2) is 12.1 Å². The van der Waals surface area contributed by atoms with E-state index in [4.69, 9.17) is 9.47 Å². The number of alkyl halides is 3. The number of fused-ring (bicyclic) bond motifs is 1. The molecule has 4 rings (SSSR count). The van der Waals surface area contributed by atoms with Gasteiger partial charge in [-0.2, -0.15) is 13.2 Å². The first-order valence-corrected chi connectivity index (χ1v) is 8.83. The molecule has 0 aliphatic rings. The summed E-state index contributed by atoms with van der Waals surface area (Å²) in [5.74, 6) is 1.40. The van der Waals surface area contributed by atoms with E-state index in [1.54, 1.807) is 43.5 Å². The first kappa shape index (κ1) is 18.8. The second-order valence-corrected chi connectivity index (χ2v) is 6.39. The van der Waals surface area contributed by atoms with Crippen molar-refractivity contribution < 1.29 is 22.6 Å². The van der Waals surface area contributed by atoms with E-state index < -0.39 is 11.7 Å². The molecule has 0 radical (unpaired) electrons. The summed E-state index contributed by atoms with van der Waals surface area (Å²) < 4.78 is 50.7. The Kier molecular flexibility index (Phi) is 4.84. The zero-order valence-corrected chi connectivity index (χ0v) is 15.4. The van der Waals surface area contributed by atoms with Gasteiger partial charge in [-0.05, 0) is 54.1 Å². The van der Waals surface area contributed by atoms with Gasteiger partial charge in [0, 0.05) is 10.9 Å². The highest BCUT2D eigenvalue weighted by Crippen LogP contribution is 2.37. The van der Waals surface area contributed by atoms with E-state index >= 15 is 0 Å². The number of hydrogen-bond donors (Lipinski definition) is 0. The molecule has 3 aromatic carbocycles. The van der Waals surface area contributed by atoms with Crippen LogP contribution in [-0.2, 0) is 6.18 Å². The molecule has 0 N–H and O–H groups in total. The predicted octanol–water partition coefficient (Wildman–Crippen LogP) is 6.72. The summed E-state index contributed by atoms with van der Waals surface area (Å²) in [6.45, 7) is 0. The topological polar surface area (TPSA) is 31.4 Å². The van der Waals surface area contributed by atoms with E-state index in [2.05, 4.69) is 4.98 Å². The number of aromatic nitrogens is 1. The minimum Gasteiger partial charge on any atom is -0.497 e. The van der Waals surface area contributed by atoms with E-state index in [0.717, 1.165) is 17.5 Å². The minimum absolute atomic E-state index is 0.230. The van der Waals surface area contributed by atoms with Gasteiger partial charge in [-0.3, -0.25) is 0 Å². The third kappa shape index (κ3) is 4.01. The van der Waals surface area contributed by atoms with Gasteiger partial charge in [0.1, 0.15) is 11.5 Å². The maximum absolute atomic E-state index is 13.2. The molecule has 0 saturated carbocycles. The Bertz CT molecular complexity index is 1150. The Hall–Kier alpha value is -3.54. The number of pyridine rings is 1. The van der Waals surface area contributed by atoms with Crippen molar-refractivity contribution in [2.75, 3.05) is 7.11 Å². The van der Waals surface area contributed by atoms with Crippen LogP contribution in [0.1, 0.15) is 5.56 Å². The average Bonchev–Trinajstić information content (AvgIpc) is 2.73. The summed E-state index contributed by atoms with van der Waals surface area (Å²) in [6.07, 6.45) is -4.43. The number of benzene rings is 3. The van der Waals surface area contributed by atoms with E-state index in [1.165, 1.54) is 6.07 Å². The highest BCUT2D eigenvalue weighted by Gasteiger charge is 2.30. The fourth-order valence-corrected chi connectivity index (χ4v) is 3.00. The number of halogens is 3. The van der Waals surface area contributed by atoms with Crippen LogP contribution in [0.3, 0.4) is 0 Å². The van der Waals surface area contributed by atoms with Gasteiger partial charge < -0.3 is 9.47 Å². The molecule has 0 fully saturated rings. The van der Waals surface area contributed by atoms with Crippen molar-refractivity contribution in [2.24, 2.45) is 0 Å². The second-order valence-electron chi connectivity index (χ2n) is 6.39. The minimum atomic E-state index is -4.43. The van der Waals surface area contributed by atoms with E-state index in [9.17, 15) is 13.2 Å². The lowest BCUT2D eigenvalue weighted by molar-refractivity contribution is -0.137. The van der Waals surface area contributed by atoms with Crippen molar-refractivity contribution >= 4 is 10.9 Å². The van der Waals surface area contributed by atoms with Crippen molar-refractivity contribution in [3.05, 3.63) is 84.4 Å². The summed E-state index contributed by atoms with van der Waals surface area (Å²) in [4.78, 5) is 4.55. The van der Waals surface area contributed by atoms with Crippen LogP contribution in [0.15, 0.2) is 78.9 Å². The molecule has 1 aromatic heterocycles. The first-order valence-electron chi connectivity index (χ1n) is 8.83. The molecular formula is C23H16F3NO2. The normalized spacial score (nSPS) is 11.4. The summed E-state index contributed by atoms with van der Waals surface area (Å²) >= 11 is 0. The number of rotatable bonds is 4. The number of nitrogens with zero attached hydrogens (tertiary/aromatic N) is 1. The fourth-order valence-electron chi connectivity index (χ4n) is 3.00. The fraction of sp³-hybridized carbons (Fsp3) is 0.0870. The van der Waals surface area contributed by atoms with Crippen LogP contribution in [0.4, 0.5) is 13.2 Å². The van der Waals surface area contributed by atoms with Gasteiger partial charge >= 0.3 is 6.18 Å². The second kappa shape index (κ2) is 7.47. The lowest BCUT2D eigenvalue weighted by Gasteiger charge is -2.14. The van der Waals surface area contributed by atoms with Crippen LogP contribution >= 0.6 is 0 Å². The molecule has 4 aromatic rings. The Balaban J connectivity index is 1.84. The molecule has 6 heteroatoms. The Morgan fingerprint density at radius 3 is 2.24 bits per heavy atom. The summed E-state index contributed by atoms with van der Waals surface area (Å²) in [6, 6.07) is 21.2. The van der Waals surface area contributed by atoms with Crippen LogP contribution in [0.5, 0.6) is 17.4 Å². The Morgan fingerprint density at radius 2 is 1.52 bits per heavy atom. The predicted molar refractivity (Wildman–Crippen MR) is 105 cm³/mol. The molecule has 1 heterocycles. The lowest BCUT2D eigenvalue weighted by Crippen LogP contribution is -2.04. The molecule has 0 unspecified atom stereocenters. The highest BCUT2D eigenvalue weighted by molar-refractivity contribution is 5.86. The average molecular weight is 395 g/mol. The SMILES string of the molecule is COc1ccc(Oc2nc3ccccc3cc2-c2cccc(C(F)(F)F)c2)cc1. The van der Waals surface area contributed by atoms with Crippen LogP contribution in [0.2, 0.25) is 0 Å². The zero-order valence-electron chi connectivity index (χ0n) is 15.4. The number of hydrogen-bond acceptors (Lipinski definition) is 3. The number of para-hydroxylation sites is 1. The summed E-state index contributed by atoms with van der Waals surface area (Å²) in [5.41, 5.74) is 0.817. The molecule has 0 amide bonds. The molecule has 0 bridgehead atoms. The van der Waals surface area contributed by atoms with Crippen molar-refractivity contribution in [3.8, 4) is 28.5 Å². The molecule has 29 heavy (non-hydrogen) atoms. The molecule has 3 nitrogen and oxygen atoms in total. The third-order valence-corrected chi connectivity index (χ3v) is 4.46. The van der Waals surface area contributed by atoms with Gasteiger partial charge in [0.15, 0.2) is 0 Å². The van der Waals surface area contributed by atoms with Crippen molar-refractivity contribution in [2.45, 2.75) is 6.18 Å². The maximum atomic E-state index is 13.2. The molecule has 0 aliphatic heterocycles. The van der Waals surface area contributed by atoms with Crippen LogP contribution in [0.25, 0.3) is 22.0 Å². The van der Waals surface area contributed by atoms with Crippen molar-refractivity contribution in [1.82, 2.24) is 4.98 Å². The van der Waals surface area contributed by atoms with Crippen molar-refractivity contribution in [1.29, 1.82) is 0 Å². The quantitative estimate of drug-likeness (QED) is 0.384.